The Morgan fingerprint density at radius 2 is 1.46 bits per heavy atom. The van der Waals surface area contributed by atoms with Crippen LogP contribution < -0.4 is 5.32 Å². The molecule has 0 saturated heterocycles. The van der Waals surface area contributed by atoms with Crippen LogP contribution in [0.15, 0.2) is 273 Å². The van der Waals surface area contributed by atoms with Crippen LogP contribution in [-0.4, -0.2) is 6.04 Å². The van der Waals surface area contributed by atoms with E-state index in [0.29, 0.717) is 0 Å². The van der Waals surface area contributed by atoms with Crippen molar-refractivity contribution in [3.05, 3.63) is 317 Å². The SMILES string of the molecule is C=C\C=C/C=C\C=C1\C=C/C=C\C2=C(CCC=C2)C12Cc1ccccc1/C=C\C(=C)c1ccc(/C=C/C=C(\C=C/C)c3cccc(/C(=C/C)NC4C=CC=CC=C4)c3)cc12.CC.Cc1ccccc1. The Bertz CT molecular complexity index is 2880. The van der Waals surface area contributed by atoms with Crippen LogP contribution in [0.4, 0.5) is 0 Å². The van der Waals surface area contributed by atoms with Crippen molar-refractivity contribution >= 4 is 29.0 Å². The van der Waals surface area contributed by atoms with Crippen molar-refractivity contribution in [1.29, 1.82) is 0 Å². The highest BCUT2D eigenvalue weighted by molar-refractivity contribution is 5.84. The van der Waals surface area contributed by atoms with Crippen LogP contribution in [0.2, 0.25) is 0 Å². The van der Waals surface area contributed by atoms with Crippen LogP contribution in [0.25, 0.3) is 29.0 Å². The first kappa shape index (κ1) is 50.7. The lowest BCUT2D eigenvalue weighted by Crippen LogP contribution is -2.36. The highest BCUT2D eigenvalue weighted by Crippen LogP contribution is 2.51. The van der Waals surface area contributed by atoms with Gasteiger partial charge in [0.15, 0.2) is 0 Å². The van der Waals surface area contributed by atoms with Gasteiger partial charge in [-0.15, -0.1) is 0 Å². The molecule has 0 fully saturated rings. The highest BCUT2D eigenvalue weighted by Gasteiger charge is 2.43. The molecule has 0 aliphatic heterocycles. The fourth-order valence-corrected chi connectivity index (χ4v) is 9.10. The van der Waals surface area contributed by atoms with E-state index in [1.54, 1.807) is 0 Å². The molecule has 4 aliphatic carbocycles. The molecular formula is C68H69N. The molecular weight excluding hydrogens is 831 g/mol. The Balaban J connectivity index is 0.000000789. The Morgan fingerprint density at radius 3 is 2.22 bits per heavy atom. The molecule has 1 heteroatoms. The summed E-state index contributed by atoms with van der Waals surface area (Å²) < 4.78 is 0. The van der Waals surface area contributed by atoms with Crippen molar-refractivity contribution in [3.8, 4) is 0 Å². The first-order valence-corrected chi connectivity index (χ1v) is 24.5. The van der Waals surface area contributed by atoms with Crippen LogP contribution in [0.5, 0.6) is 0 Å². The molecule has 4 aliphatic rings. The third kappa shape index (κ3) is 13.5. The predicted molar refractivity (Wildman–Crippen MR) is 305 cm³/mol. The fourth-order valence-electron chi connectivity index (χ4n) is 9.10. The summed E-state index contributed by atoms with van der Waals surface area (Å²) in [5.74, 6) is 0. The largest absolute Gasteiger partial charge is 0.375 e. The average Bonchev–Trinajstić information content (AvgIpc) is 3.64. The normalized spacial score (nSPS) is 19.9. The molecule has 0 amide bonds. The maximum atomic E-state index is 4.69. The summed E-state index contributed by atoms with van der Waals surface area (Å²) in [5.41, 5.74) is 16.5. The second kappa shape index (κ2) is 26.6. The van der Waals surface area contributed by atoms with E-state index in [2.05, 4.69) is 251 Å². The van der Waals surface area contributed by atoms with Crippen LogP contribution in [0.1, 0.15) is 85.0 Å². The minimum absolute atomic E-state index is 0.120. The number of nitrogens with one attached hydrogen (secondary N) is 1. The molecule has 69 heavy (non-hydrogen) atoms. The zero-order valence-electron chi connectivity index (χ0n) is 41.4. The van der Waals surface area contributed by atoms with Gasteiger partial charge in [-0.3, -0.25) is 0 Å². The van der Waals surface area contributed by atoms with E-state index in [1.807, 2.05) is 50.3 Å². The summed E-state index contributed by atoms with van der Waals surface area (Å²) in [6.45, 7) is 18.8. The van der Waals surface area contributed by atoms with Crippen LogP contribution in [-0.2, 0) is 11.8 Å². The Morgan fingerprint density at radius 1 is 0.710 bits per heavy atom. The van der Waals surface area contributed by atoms with Gasteiger partial charge in [0.1, 0.15) is 0 Å². The first-order chi connectivity index (χ1) is 33.9. The Kier molecular flexibility index (Phi) is 19.5. The molecule has 1 N–H and O–H groups in total. The molecule has 0 bridgehead atoms. The smallest absolute Gasteiger partial charge is 0.0634 e. The topological polar surface area (TPSA) is 12.0 Å². The average molecular weight is 900 g/mol. The lowest BCUT2D eigenvalue weighted by atomic mass is 9.60. The molecule has 8 rings (SSSR count). The number of fused-ring (bicyclic) bond motifs is 4. The van der Waals surface area contributed by atoms with Gasteiger partial charge in [-0.25, -0.2) is 0 Å². The van der Waals surface area contributed by atoms with Gasteiger partial charge < -0.3 is 5.32 Å². The molecule has 0 aromatic heterocycles. The van der Waals surface area contributed by atoms with E-state index in [9.17, 15) is 0 Å². The van der Waals surface area contributed by atoms with Crippen LogP contribution in [0.3, 0.4) is 0 Å². The van der Waals surface area contributed by atoms with Crippen molar-refractivity contribution in [2.24, 2.45) is 0 Å². The number of rotatable bonds is 10. The van der Waals surface area contributed by atoms with Gasteiger partial charge in [0.2, 0.25) is 0 Å². The summed E-state index contributed by atoms with van der Waals surface area (Å²) in [6, 6.07) is 35.0. The lowest BCUT2D eigenvalue weighted by molar-refractivity contribution is 0.563. The van der Waals surface area contributed by atoms with Crippen molar-refractivity contribution < 1.29 is 0 Å². The number of hydrogen-bond acceptors (Lipinski definition) is 1. The number of hydrogen-bond donors (Lipinski definition) is 1. The van der Waals surface area contributed by atoms with Gasteiger partial charge in [0.25, 0.3) is 0 Å². The molecule has 346 valence electrons. The van der Waals surface area contributed by atoms with Gasteiger partial charge >= 0.3 is 0 Å². The quantitative estimate of drug-likeness (QED) is 0.156. The molecule has 0 radical (unpaired) electrons. The van der Waals surface area contributed by atoms with E-state index < -0.39 is 5.41 Å². The van der Waals surface area contributed by atoms with Gasteiger partial charge in [0, 0.05) is 11.1 Å². The number of benzene rings is 4. The predicted octanol–water partition coefficient (Wildman–Crippen LogP) is 17.9. The molecule has 1 unspecified atom stereocenters. The second-order valence-electron chi connectivity index (χ2n) is 16.9. The van der Waals surface area contributed by atoms with Crippen LogP contribution in [0, 0.1) is 6.92 Å². The second-order valence-corrected chi connectivity index (χ2v) is 16.9. The van der Waals surface area contributed by atoms with Crippen molar-refractivity contribution in [2.45, 2.75) is 65.3 Å². The number of allylic oxidation sites excluding steroid dienone is 27. The van der Waals surface area contributed by atoms with Crippen molar-refractivity contribution in [2.75, 3.05) is 0 Å². The summed E-state index contributed by atoms with van der Waals surface area (Å²) in [5, 5.41) is 3.70. The number of aryl methyl sites for hydroxylation is 1. The zero-order chi connectivity index (χ0) is 48.7. The maximum absolute atomic E-state index is 4.69. The van der Waals surface area contributed by atoms with Gasteiger partial charge in [0.05, 0.1) is 6.04 Å². The summed E-state index contributed by atoms with van der Waals surface area (Å²) in [4.78, 5) is 0. The van der Waals surface area contributed by atoms with Crippen LogP contribution >= 0.6 is 0 Å². The molecule has 0 saturated carbocycles. The fraction of sp³-hybridized carbons (Fsp3) is 0.147. The van der Waals surface area contributed by atoms with E-state index in [0.717, 1.165) is 52.8 Å². The highest BCUT2D eigenvalue weighted by atomic mass is 14.9. The van der Waals surface area contributed by atoms with E-state index in [-0.39, 0.29) is 6.04 Å². The summed E-state index contributed by atoms with van der Waals surface area (Å²) in [6.07, 6.45) is 59.0. The Hall–Kier alpha value is -7.74. The van der Waals surface area contributed by atoms with E-state index in [4.69, 9.17) is 6.58 Å². The van der Waals surface area contributed by atoms with E-state index in [1.165, 1.54) is 44.5 Å². The van der Waals surface area contributed by atoms with Crippen molar-refractivity contribution in [1.82, 2.24) is 5.32 Å². The van der Waals surface area contributed by atoms with Gasteiger partial charge in [-0.1, -0.05) is 275 Å². The minimum Gasteiger partial charge on any atom is -0.375 e. The maximum Gasteiger partial charge on any atom is 0.0634 e. The first-order valence-electron chi connectivity index (χ1n) is 24.5. The standard InChI is InChI=1S/C59H55N.C7H8.C2H6/c1-5-8-9-10-13-33-53-34-20-18-27-49-28-19-21-37-56(49)59(53)44-52-29-17-16-26-48(52)40-38-45(4)55-41-39-46(42-57(55)59)25-22-30-47(24-6-2)50-31-23-32-51(43-50)58(7-3)60-54-35-14-11-12-15-36-54;1-7-5-3-2-4-6-7;1-2/h5-20,22-36,38-43,54,60H,1,4,21,37,44H2,2-3H3;2-6H,1H3;1-2H3/b9-8-,13-10-,24-6-,25-22+,27-18-,34-20-,40-38-,47-30+,53-33-,58-7-;;. The third-order valence-corrected chi connectivity index (χ3v) is 12.4. The summed E-state index contributed by atoms with van der Waals surface area (Å²) in [7, 11) is 0. The monoisotopic (exact) mass is 900 g/mol. The molecule has 0 heterocycles. The third-order valence-electron chi connectivity index (χ3n) is 12.4. The minimum atomic E-state index is -0.484. The van der Waals surface area contributed by atoms with E-state index >= 15 is 0 Å². The lowest BCUT2D eigenvalue weighted by Gasteiger charge is -2.42. The van der Waals surface area contributed by atoms with Gasteiger partial charge in [-0.05, 0) is 119 Å². The van der Waals surface area contributed by atoms with Gasteiger partial charge in [-0.2, -0.15) is 0 Å². The molecule has 4 aromatic rings. The zero-order valence-corrected chi connectivity index (χ0v) is 41.4. The molecule has 1 nitrogen and oxygen atoms in total. The van der Waals surface area contributed by atoms with Crippen molar-refractivity contribution in [3.63, 3.8) is 0 Å². The summed E-state index contributed by atoms with van der Waals surface area (Å²) >= 11 is 0. The molecule has 1 spiro atoms. The molecule has 4 aromatic carbocycles. The molecule has 1 atom stereocenters. The Labute approximate surface area is 414 Å².